The Morgan fingerprint density at radius 3 is 2.68 bits per heavy atom. The van der Waals surface area contributed by atoms with Crippen molar-refractivity contribution in [2.45, 2.75) is 0 Å². The molecule has 0 saturated heterocycles. The van der Waals surface area contributed by atoms with Gasteiger partial charge in [0.05, 0.1) is 11.0 Å². The predicted octanol–water partition coefficient (Wildman–Crippen LogP) is 0.312. The minimum Gasteiger partial charge on any atom is -0.335 e. The van der Waals surface area contributed by atoms with Gasteiger partial charge in [-0.1, -0.05) is 0 Å². The summed E-state index contributed by atoms with van der Waals surface area (Å²) >= 11 is 0. The van der Waals surface area contributed by atoms with Gasteiger partial charge in [0.2, 0.25) is 5.82 Å². The normalized spacial score (nSPS) is 9.26. The Morgan fingerprint density at radius 1 is 1.42 bits per heavy atom. The first-order valence-corrected chi connectivity index (χ1v) is 4.85. The Hall–Kier alpha value is -3.02. The van der Waals surface area contributed by atoms with Gasteiger partial charge in [0.1, 0.15) is 6.54 Å². The zero-order chi connectivity index (χ0) is 14.4. The maximum atomic E-state index is 13.0. The van der Waals surface area contributed by atoms with Gasteiger partial charge in [-0.05, 0) is 12.1 Å². The minimum absolute atomic E-state index is 0.106. The lowest BCUT2D eigenvalue weighted by Gasteiger charge is -2.04. The Morgan fingerprint density at radius 2 is 2.11 bits per heavy atom. The summed E-state index contributed by atoms with van der Waals surface area (Å²) in [5.41, 5.74) is -0.930. The first kappa shape index (κ1) is 14.0. The summed E-state index contributed by atoms with van der Waals surface area (Å²) in [4.78, 5) is 31.9. The van der Waals surface area contributed by atoms with Crippen molar-refractivity contribution in [3.63, 3.8) is 0 Å². The molecule has 2 amide bonds. The molecular weight excluding hydrogens is 259 g/mol. The van der Waals surface area contributed by atoms with Crippen LogP contribution in [-0.4, -0.2) is 23.3 Å². The maximum Gasteiger partial charge on any atom is 0.313 e. The summed E-state index contributed by atoms with van der Waals surface area (Å²) in [6.45, 7) is -0.351. The van der Waals surface area contributed by atoms with Crippen LogP contribution in [0, 0.1) is 27.3 Å². The molecule has 0 radical (unpaired) electrons. The highest BCUT2D eigenvalue weighted by Gasteiger charge is 2.17. The van der Waals surface area contributed by atoms with Gasteiger partial charge in [-0.25, -0.2) is 0 Å². The van der Waals surface area contributed by atoms with Crippen LogP contribution in [0.15, 0.2) is 18.2 Å². The lowest BCUT2D eigenvalue weighted by Crippen LogP contribution is -2.35. The number of anilines is 1. The van der Waals surface area contributed by atoms with E-state index >= 15 is 0 Å². The van der Waals surface area contributed by atoms with Crippen molar-refractivity contribution in [2.24, 2.45) is 0 Å². The Kier molecular flexibility index (Phi) is 4.48. The van der Waals surface area contributed by atoms with Gasteiger partial charge in [0.25, 0.3) is 0 Å². The fourth-order valence-corrected chi connectivity index (χ4v) is 1.12. The van der Waals surface area contributed by atoms with E-state index in [1.165, 1.54) is 0 Å². The molecule has 0 heterocycles. The topological polar surface area (TPSA) is 125 Å². The van der Waals surface area contributed by atoms with Crippen molar-refractivity contribution < 1.29 is 18.9 Å². The van der Waals surface area contributed by atoms with Crippen molar-refractivity contribution in [1.29, 1.82) is 5.26 Å². The van der Waals surface area contributed by atoms with Gasteiger partial charge in [0, 0.05) is 11.8 Å². The summed E-state index contributed by atoms with van der Waals surface area (Å²) in [6.07, 6.45) is 0. The van der Waals surface area contributed by atoms with Gasteiger partial charge in [-0.2, -0.15) is 9.65 Å². The minimum atomic E-state index is -1.11. The Balaban J connectivity index is 2.81. The number of rotatable bonds is 3. The second-order valence-electron chi connectivity index (χ2n) is 3.22. The molecule has 0 saturated carbocycles. The third kappa shape index (κ3) is 3.74. The largest absolute Gasteiger partial charge is 0.335 e. The van der Waals surface area contributed by atoms with Crippen LogP contribution in [0.4, 0.5) is 15.8 Å². The van der Waals surface area contributed by atoms with Crippen LogP contribution in [0.25, 0.3) is 0 Å². The molecule has 0 aromatic heterocycles. The zero-order valence-corrected chi connectivity index (χ0v) is 9.34. The molecule has 2 N–H and O–H groups in total. The molecule has 0 atom stereocenters. The van der Waals surface area contributed by atoms with E-state index < -0.39 is 28.2 Å². The number of carbonyl (C=O) groups excluding carboxylic acids is 2. The molecule has 9 heteroatoms. The molecule has 0 spiro atoms. The summed E-state index contributed by atoms with van der Waals surface area (Å²) in [7, 11) is 0. The lowest BCUT2D eigenvalue weighted by molar-refractivity contribution is -0.387. The van der Waals surface area contributed by atoms with Gasteiger partial charge < -0.3 is 10.6 Å². The first-order chi connectivity index (χ1) is 8.95. The first-order valence-electron chi connectivity index (χ1n) is 4.85. The number of nitrogens with one attached hydrogen (secondary N) is 2. The van der Waals surface area contributed by atoms with Crippen LogP contribution in [0.5, 0.6) is 0 Å². The number of carbonyl (C=O) groups is 2. The van der Waals surface area contributed by atoms with E-state index in [0.29, 0.717) is 0 Å². The van der Waals surface area contributed by atoms with Crippen LogP contribution < -0.4 is 10.6 Å². The number of nitro benzene ring substituents is 1. The summed E-state index contributed by atoms with van der Waals surface area (Å²) in [5.74, 6) is -3.25. The Labute approximate surface area is 106 Å². The fraction of sp³-hybridized carbons (Fsp3) is 0.100. The molecule has 1 rings (SSSR count). The van der Waals surface area contributed by atoms with Crippen molar-refractivity contribution in [1.82, 2.24) is 5.32 Å². The third-order valence-corrected chi connectivity index (χ3v) is 1.93. The molecule has 8 nitrogen and oxygen atoms in total. The summed E-state index contributed by atoms with van der Waals surface area (Å²) < 4.78 is 13.0. The number of nitriles is 1. The molecule has 98 valence electrons. The van der Waals surface area contributed by atoms with Crippen molar-refractivity contribution >= 4 is 23.2 Å². The third-order valence-electron chi connectivity index (χ3n) is 1.93. The average molecular weight is 266 g/mol. The monoisotopic (exact) mass is 266 g/mol. The second kappa shape index (κ2) is 6.06. The molecule has 19 heavy (non-hydrogen) atoms. The average Bonchev–Trinajstić information content (AvgIpc) is 2.37. The van der Waals surface area contributed by atoms with E-state index in [1.54, 1.807) is 6.07 Å². The summed E-state index contributed by atoms with van der Waals surface area (Å²) in [5, 5.41) is 22.7. The SMILES string of the molecule is N#CCNC(=O)C(=O)Nc1ccc(F)c([N+](=O)[O-])c1. The smallest absolute Gasteiger partial charge is 0.313 e. The standard InChI is InChI=1S/C10H7FN4O4/c11-7-2-1-6(5-8(7)15(18)19)14-10(17)9(16)13-4-3-12/h1-2,5H,4H2,(H,13,16)(H,14,17). The highest BCUT2D eigenvalue weighted by molar-refractivity contribution is 6.39. The molecule has 0 fully saturated rings. The molecular formula is C10H7FN4O4. The zero-order valence-electron chi connectivity index (χ0n) is 9.34. The number of halogens is 1. The predicted molar refractivity (Wildman–Crippen MR) is 60.3 cm³/mol. The van der Waals surface area contributed by atoms with Crippen LogP contribution in [0.2, 0.25) is 0 Å². The molecule has 0 bridgehead atoms. The Bertz CT molecular complexity index is 581. The fourth-order valence-electron chi connectivity index (χ4n) is 1.12. The van der Waals surface area contributed by atoms with E-state index in [9.17, 15) is 24.1 Å². The van der Waals surface area contributed by atoms with Gasteiger partial charge in [-0.15, -0.1) is 0 Å². The van der Waals surface area contributed by atoms with Gasteiger partial charge in [0.15, 0.2) is 0 Å². The van der Waals surface area contributed by atoms with E-state index in [-0.39, 0.29) is 12.2 Å². The number of nitrogens with zero attached hydrogens (tertiary/aromatic N) is 2. The van der Waals surface area contributed by atoms with E-state index in [4.69, 9.17) is 5.26 Å². The van der Waals surface area contributed by atoms with Crippen molar-refractivity contribution in [2.75, 3.05) is 11.9 Å². The molecule has 1 aromatic rings. The van der Waals surface area contributed by atoms with E-state index in [2.05, 4.69) is 0 Å². The van der Waals surface area contributed by atoms with Crippen LogP contribution >= 0.6 is 0 Å². The quantitative estimate of drug-likeness (QED) is 0.352. The summed E-state index contributed by atoms with van der Waals surface area (Å²) in [6, 6.07) is 4.24. The number of benzene rings is 1. The lowest BCUT2D eigenvalue weighted by atomic mass is 10.2. The van der Waals surface area contributed by atoms with Crippen molar-refractivity contribution in [3.05, 3.63) is 34.1 Å². The van der Waals surface area contributed by atoms with Crippen LogP contribution in [-0.2, 0) is 9.59 Å². The number of nitro groups is 1. The van der Waals surface area contributed by atoms with Gasteiger partial charge >= 0.3 is 17.5 Å². The molecule has 1 aromatic carbocycles. The van der Waals surface area contributed by atoms with E-state index in [1.807, 2.05) is 10.6 Å². The molecule has 0 aliphatic rings. The highest BCUT2D eigenvalue weighted by Crippen LogP contribution is 2.21. The molecule has 0 unspecified atom stereocenters. The van der Waals surface area contributed by atoms with E-state index in [0.717, 1.165) is 18.2 Å². The van der Waals surface area contributed by atoms with Crippen LogP contribution in [0.1, 0.15) is 0 Å². The highest BCUT2D eigenvalue weighted by atomic mass is 19.1. The second-order valence-corrected chi connectivity index (χ2v) is 3.22. The van der Waals surface area contributed by atoms with Crippen molar-refractivity contribution in [3.8, 4) is 6.07 Å². The molecule has 0 aliphatic carbocycles. The number of hydrogen-bond donors (Lipinski definition) is 2. The number of hydrogen-bond acceptors (Lipinski definition) is 5. The number of amides is 2. The molecule has 0 aliphatic heterocycles. The maximum absolute atomic E-state index is 13.0. The van der Waals surface area contributed by atoms with Crippen LogP contribution in [0.3, 0.4) is 0 Å². The van der Waals surface area contributed by atoms with Gasteiger partial charge in [-0.3, -0.25) is 19.7 Å².